The van der Waals surface area contributed by atoms with Gasteiger partial charge in [0.2, 0.25) is 0 Å². The first kappa shape index (κ1) is 19.4. The minimum Gasteiger partial charge on any atom is -0.103 e. The van der Waals surface area contributed by atoms with Crippen molar-refractivity contribution in [3.8, 4) is 0 Å². The molecule has 0 aliphatic carbocycles. The van der Waals surface area contributed by atoms with E-state index in [0.29, 0.717) is 0 Å². The van der Waals surface area contributed by atoms with E-state index in [1.807, 2.05) is 36.5 Å². The Kier molecular flexibility index (Phi) is 10.3. The summed E-state index contributed by atoms with van der Waals surface area (Å²) in [5.41, 5.74) is -0.0474. The van der Waals surface area contributed by atoms with E-state index in [1.54, 1.807) is 0 Å². The third kappa shape index (κ3) is 5.38. The van der Waals surface area contributed by atoms with E-state index in [-0.39, 0.29) is 5.41 Å². The molecule has 0 aliphatic rings. The van der Waals surface area contributed by atoms with Crippen LogP contribution in [0.3, 0.4) is 0 Å². The first-order chi connectivity index (χ1) is 10.2. The summed E-state index contributed by atoms with van der Waals surface area (Å²) in [6.45, 7) is 23.6. The van der Waals surface area contributed by atoms with Crippen molar-refractivity contribution in [1.29, 1.82) is 0 Å². The molecule has 0 atom stereocenters. The second-order valence-corrected chi connectivity index (χ2v) is 5.25. The van der Waals surface area contributed by atoms with Crippen LogP contribution >= 0.6 is 0 Å². The van der Waals surface area contributed by atoms with Crippen molar-refractivity contribution in [2.24, 2.45) is 5.41 Å². The molecule has 0 aromatic rings. The minimum absolute atomic E-state index is 0.0474. The van der Waals surface area contributed by atoms with Crippen LogP contribution in [0.1, 0.15) is 38.5 Å². The highest BCUT2D eigenvalue weighted by molar-refractivity contribution is 5.28. The van der Waals surface area contributed by atoms with Gasteiger partial charge in [-0.05, 0) is 55.8 Å². The summed E-state index contributed by atoms with van der Waals surface area (Å²) in [5.74, 6) is 2.84. The summed E-state index contributed by atoms with van der Waals surface area (Å²) in [5, 5.41) is 0. The van der Waals surface area contributed by atoms with E-state index >= 15 is 0 Å². The maximum Gasteiger partial charge on any atom is -0.00924 e. The first-order valence-corrected chi connectivity index (χ1v) is 7.52. The van der Waals surface area contributed by atoms with E-state index in [1.165, 1.54) is 11.8 Å². The molecular formula is C21H30. The molecule has 0 rings (SSSR count). The van der Waals surface area contributed by atoms with Crippen molar-refractivity contribution in [3.05, 3.63) is 87.8 Å². The largest absolute Gasteiger partial charge is 0.103 e. The lowest BCUT2D eigenvalue weighted by atomic mass is 9.59. The van der Waals surface area contributed by atoms with Gasteiger partial charge in [0.25, 0.3) is 0 Å². The van der Waals surface area contributed by atoms with Crippen molar-refractivity contribution < 1.29 is 0 Å². The zero-order chi connectivity index (χ0) is 16.1. The van der Waals surface area contributed by atoms with E-state index in [9.17, 15) is 0 Å². The average molecular weight is 282 g/mol. The molecule has 0 saturated heterocycles. The summed E-state index contributed by atoms with van der Waals surface area (Å²) in [6, 6.07) is 0. The Bertz CT molecular complexity index is 302. The number of allylic oxidation sites excluding steroid dienone is 6. The summed E-state index contributed by atoms with van der Waals surface area (Å²) in [6.07, 6.45) is 17.2. The molecule has 0 aromatic carbocycles. The molecule has 0 fully saturated rings. The summed E-state index contributed by atoms with van der Waals surface area (Å²) in [7, 11) is 0. The Balaban J connectivity index is 5.82. The van der Waals surface area contributed by atoms with Gasteiger partial charge in [-0.15, -0.1) is 39.5 Å². The first-order valence-electron chi connectivity index (χ1n) is 7.52. The zero-order valence-corrected chi connectivity index (χ0v) is 13.4. The fourth-order valence-electron chi connectivity index (χ4n) is 3.05. The number of hydrogen-bond donors (Lipinski definition) is 0. The minimum atomic E-state index is -0.0474. The molecule has 0 spiro atoms. The summed E-state index contributed by atoms with van der Waals surface area (Å²) >= 11 is 0. The summed E-state index contributed by atoms with van der Waals surface area (Å²) < 4.78 is 0. The molecule has 0 nitrogen and oxygen atoms in total. The lowest BCUT2D eigenvalue weighted by molar-refractivity contribution is 0.302. The van der Waals surface area contributed by atoms with Crippen LogP contribution in [-0.2, 0) is 0 Å². The maximum absolute atomic E-state index is 3.97. The van der Waals surface area contributed by atoms with Gasteiger partial charge in [-0.1, -0.05) is 36.5 Å². The molecular weight excluding hydrogens is 252 g/mol. The molecule has 0 saturated carbocycles. The van der Waals surface area contributed by atoms with Gasteiger partial charge in [-0.3, -0.25) is 0 Å². The van der Waals surface area contributed by atoms with E-state index < -0.39 is 0 Å². The van der Waals surface area contributed by atoms with Gasteiger partial charge >= 0.3 is 0 Å². The number of rotatable bonds is 14. The second-order valence-electron chi connectivity index (χ2n) is 5.25. The van der Waals surface area contributed by atoms with Crippen LogP contribution in [0.15, 0.2) is 75.9 Å². The fourth-order valence-corrected chi connectivity index (χ4v) is 3.05. The van der Waals surface area contributed by atoms with Crippen LogP contribution in [0.4, 0.5) is 0 Å². The standard InChI is InChI=1S/C21H30/c1-7-13-19(14-8-2)21(17-11-5,18-12-6)20(15-9-3)16-10-4/h7-12H,1-6,13-18H2. The third-order valence-corrected chi connectivity index (χ3v) is 3.90. The molecule has 0 unspecified atom stereocenters. The SMILES string of the molecule is C=CC[C](CC=C)C(CC=C)(CC=C)[C](CC=C)CC=C. The lowest BCUT2D eigenvalue weighted by Gasteiger charge is -2.45. The van der Waals surface area contributed by atoms with E-state index in [2.05, 4.69) is 39.5 Å². The molecule has 0 heterocycles. The van der Waals surface area contributed by atoms with Gasteiger partial charge in [-0.2, -0.15) is 0 Å². The topological polar surface area (TPSA) is 0 Å². The maximum atomic E-state index is 3.97. The zero-order valence-electron chi connectivity index (χ0n) is 13.4. The highest BCUT2D eigenvalue weighted by Crippen LogP contribution is 2.52. The second kappa shape index (κ2) is 11.1. The average Bonchev–Trinajstić information content (AvgIpc) is 2.46. The Morgan fingerprint density at radius 1 is 0.524 bits per heavy atom. The fraction of sp³-hybridized carbons (Fsp3) is 0.333. The third-order valence-electron chi connectivity index (χ3n) is 3.90. The van der Waals surface area contributed by atoms with Crippen molar-refractivity contribution in [2.75, 3.05) is 0 Å². The van der Waals surface area contributed by atoms with Crippen molar-refractivity contribution >= 4 is 0 Å². The van der Waals surface area contributed by atoms with Crippen LogP contribution < -0.4 is 0 Å². The molecule has 0 aliphatic heterocycles. The van der Waals surface area contributed by atoms with Gasteiger partial charge < -0.3 is 0 Å². The van der Waals surface area contributed by atoms with Crippen LogP contribution in [0.5, 0.6) is 0 Å². The smallest absolute Gasteiger partial charge is 0.00924 e. The van der Waals surface area contributed by atoms with Gasteiger partial charge in [0.1, 0.15) is 0 Å². The molecule has 21 heavy (non-hydrogen) atoms. The van der Waals surface area contributed by atoms with Gasteiger partial charge in [0, 0.05) is 0 Å². The Morgan fingerprint density at radius 2 is 0.810 bits per heavy atom. The van der Waals surface area contributed by atoms with Crippen molar-refractivity contribution in [1.82, 2.24) is 0 Å². The van der Waals surface area contributed by atoms with E-state index in [4.69, 9.17) is 0 Å². The van der Waals surface area contributed by atoms with Crippen molar-refractivity contribution in [2.45, 2.75) is 38.5 Å². The summed E-state index contributed by atoms with van der Waals surface area (Å²) in [4.78, 5) is 0. The highest BCUT2D eigenvalue weighted by Gasteiger charge is 2.41. The Labute approximate surface area is 132 Å². The van der Waals surface area contributed by atoms with E-state index in [0.717, 1.165) is 38.5 Å². The van der Waals surface area contributed by atoms with Gasteiger partial charge in [-0.25, -0.2) is 0 Å². The molecule has 0 amide bonds. The molecule has 0 N–H and O–H groups in total. The molecule has 114 valence electrons. The molecule has 0 bridgehead atoms. The Morgan fingerprint density at radius 3 is 1.00 bits per heavy atom. The lowest BCUT2D eigenvalue weighted by Crippen LogP contribution is -2.35. The number of hydrogen-bond acceptors (Lipinski definition) is 0. The quantitative estimate of drug-likeness (QED) is 0.316. The highest BCUT2D eigenvalue weighted by atomic mass is 14.4. The molecule has 2 radical (unpaired) electrons. The predicted molar refractivity (Wildman–Crippen MR) is 97.8 cm³/mol. The molecule has 0 aromatic heterocycles. The van der Waals surface area contributed by atoms with Gasteiger partial charge in [0.05, 0.1) is 0 Å². The normalized spacial score (nSPS) is 11.1. The van der Waals surface area contributed by atoms with Gasteiger partial charge in [0.15, 0.2) is 0 Å². The monoisotopic (exact) mass is 282 g/mol. The predicted octanol–water partition coefficient (Wildman–Crippen LogP) is 6.58. The molecule has 0 heteroatoms. The van der Waals surface area contributed by atoms with Crippen LogP contribution in [0.2, 0.25) is 0 Å². The van der Waals surface area contributed by atoms with Crippen LogP contribution in [-0.4, -0.2) is 0 Å². The Hall–Kier alpha value is -1.56. The van der Waals surface area contributed by atoms with Crippen LogP contribution in [0.25, 0.3) is 0 Å². The van der Waals surface area contributed by atoms with Crippen LogP contribution in [0, 0.1) is 17.3 Å². The van der Waals surface area contributed by atoms with Crippen molar-refractivity contribution in [3.63, 3.8) is 0 Å².